The van der Waals surface area contributed by atoms with Gasteiger partial charge in [-0.3, -0.25) is 4.79 Å². The highest BCUT2D eigenvalue weighted by Gasteiger charge is 2.11. The smallest absolute Gasteiger partial charge is 0.300 e. The average molecular weight is 438 g/mol. The van der Waals surface area contributed by atoms with E-state index in [-0.39, 0.29) is 5.91 Å². The van der Waals surface area contributed by atoms with E-state index in [2.05, 4.69) is 44.0 Å². The standard InChI is InChI=1S/C25H22N6O2/c1-5-6-23(32)29-19-7-9-21-20(13-19)25(27-14-26-21)30-18-8-10-22(16(2)11-18)33-24-12-17(3)31(4)15-28-24/h7-15H,3H2,1-2,4H3,(H,29,32)(H,26,27,30). The number of hydrogen-bond acceptors (Lipinski definition) is 7. The van der Waals surface area contributed by atoms with Crippen LogP contribution in [0, 0.1) is 18.8 Å². The number of fused-ring (bicyclic) bond motifs is 1. The summed E-state index contributed by atoms with van der Waals surface area (Å²) in [6.07, 6.45) is 4.93. The van der Waals surface area contributed by atoms with Crippen molar-refractivity contribution in [1.82, 2.24) is 14.9 Å². The van der Waals surface area contributed by atoms with Crippen molar-refractivity contribution in [3.63, 3.8) is 0 Å². The fraction of sp³-hybridized carbons (Fsp3) is 0.120. The third kappa shape index (κ3) is 4.99. The van der Waals surface area contributed by atoms with E-state index in [1.807, 2.05) is 49.2 Å². The molecular formula is C25H22N6O2. The van der Waals surface area contributed by atoms with Gasteiger partial charge in [0.2, 0.25) is 5.88 Å². The van der Waals surface area contributed by atoms with Crippen LogP contribution in [0.5, 0.6) is 5.75 Å². The predicted octanol–water partition coefficient (Wildman–Crippen LogP) is 4.35. The van der Waals surface area contributed by atoms with E-state index in [1.165, 1.54) is 6.33 Å². The Bertz CT molecular complexity index is 1380. The first kappa shape index (κ1) is 21.6. The van der Waals surface area contributed by atoms with Gasteiger partial charge in [0.25, 0.3) is 5.91 Å². The molecular weight excluding hydrogens is 416 g/mol. The molecule has 1 amide bonds. The lowest BCUT2D eigenvalue weighted by Crippen LogP contribution is -2.18. The molecule has 8 heteroatoms. The fourth-order valence-electron chi connectivity index (χ4n) is 3.16. The van der Waals surface area contributed by atoms with Crippen molar-refractivity contribution in [3.05, 3.63) is 72.5 Å². The Balaban J connectivity index is 1.56. The number of ether oxygens (including phenoxy) is 1. The van der Waals surface area contributed by atoms with Gasteiger partial charge in [-0.05, 0) is 61.7 Å². The van der Waals surface area contributed by atoms with E-state index >= 15 is 0 Å². The monoisotopic (exact) mass is 438 g/mol. The van der Waals surface area contributed by atoms with Gasteiger partial charge in [0.15, 0.2) is 0 Å². The van der Waals surface area contributed by atoms with Crippen molar-refractivity contribution in [2.24, 2.45) is 4.99 Å². The van der Waals surface area contributed by atoms with Crippen LogP contribution in [0.15, 0.2) is 72.0 Å². The molecule has 0 atom stereocenters. The summed E-state index contributed by atoms with van der Waals surface area (Å²) in [5.74, 6) is 6.46. The molecule has 0 aliphatic carbocycles. The maximum Gasteiger partial charge on any atom is 0.300 e. The van der Waals surface area contributed by atoms with Crippen LogP contribution in [0.2, 0.25) is 0 Å². The van der Waals surface area contributed by atoms with E-state index in [0.717, 1.165) is 27.9 Å². The van der Waals surface area contributed by atoms with Gasteiger partial charge in [-0.25, -0.2) is 15.0 Å². The van der Waals surface area contributed by atoms with Gasteiger partial charge < -0.3 is 20.3 Å². The number of aromatic nitrogens is 2. The summed E-state index contributed by atoms with van der Waals surface area (Å²) in [5.41, 5.74) is 3.91. The number of likely N-dealkylation sites (N-methyl/N-ethyl adjacent to an activating group) is 1. The molecule has 2 heterocycles. The number of amides is 1. The lowest BCUT2D eigenvalue weighted by molar-refractivity contribution is -0.111. The zero-order chi connectivity index (χ0) is 23.4. The highest BCUT2D eigenvalue weighted by Crippen LogP contribution is 2.29. The molecule has 33 heavy (non-hydrogen) atoms. The third-order valence-corrected chi connectivity index (χ3v) is 4.89. The van der Waals surface area contributed by atoms with E-state index in [9.17, 15) is 4.79 Å². The van der Waals surface area contributed by atoms with Crippen molar-refractivity contribution in [3.8, 4) is 17.6 Å². The Morgan fingerprint density at radius 3 is 2.73 bits per heavy atom. The van der Waals surface area contributed by atoms with Crippen LogP contribution in [-0.2, 0) is 4.79 Å². The zero-order valence-corrected chi connectivity index (χ0v) is 18.5. The molecule has 2 aromatic carbocycles. The van der Waals surface area contributed by atoms with Crippen LogP contribution < -0.4 is 15.4 Å². The second kappa shape index (κ2) is 9.24. The highest BCUT2D eigenvalue weighted by molar-refractivity contribution is 6.05. The fourth-order valence-corrected chi connectivity index (χ4v) is 3.16. The molecule has 0 saturated heterocycles. The van der Waals surface area contributed by atoms with Crippen LogP contribution in [0.4, 0.5) is 17.2 Å². The molecule has 2 N–H and O–H groups in total. The molecule has 1 aromatic heterocycles. The van der Waals surface area contributed by atoms with Gasteiger partial charge in [-0.2, -0.15) is 0 Å². The molecule has 8 nitrogen and oxygen atoms in total. The number of aryl methyl sites for hydroxylation is 1. The Hall–Kier alpha value is -4.64. The molecule has 1 aliphatic rings. The molecule has 164 valence electrons. The Labute approximate surface area is 191 Å². The Morgan fingerprint density at radius 1 is 1.15 bits per heavy atom. The van der Waals surface area contributed by atoms with Crippen molar-refractivity contribution in [2.75, 3.05) is 17.7 Å². The Kier molecular flexibility index (Phi) is 6.04. The quantitative estimate of drug-likeness (QED) is 0.576. The molecule has 0 bridgehead atoms. The van der Waals surface area contributed by atoms with Crippen LogP contribution in [-0.4, -0.2) is 34.2 Å². The zero-order valence-electron chi connectivity index (χ0n) is 18.5. The van der Waals surface area contributed by atoms with Gasteiger partial charge in [0.05, 0.1) is 11.9 Å². The van der Waals surface area contributed by atoms with Gasteiger partial charge in [-0.1, -0.05) is 12.5 Å². The van der Waals surface area contributed by atoms with Crippen molar-refractivity contribution >= 4 is 40.3 Å². The molecule has 4 rings (SSSR count). The van der Waals surface area contributed by atoms with Crippen LogP contribution in [0.3, 0.4) is 0 Å². The highest BCUT2D eigenvalue weighted by atomic mass is 16.5. The van der Waals surface area contributed by atoms with Gasteiger partial charge in [0.1, 0.15) is 17.9 Å². The maximum absolute atomic E-state index is 11.8. The largest absolute Gasteiger partial charge is 0.439 e. The van der Waals surface area contributed by atoms with E-state index in [1.54, 1.807) is 25.4 Å². The molecule has 0 fully saturated rings. The SMILES string of the molecule is C=C1C=C(Oc2ccc(Nc3ncnc4ccc(NC(=O)C#CC)cc34)cc2C)N=CN1C. The van der Waals surface area contributed by atoms with Crippen LogP contribution in [0.25, 0.3) is 10.9 Å². The number of carbonyl (C=O) groups excluding carboxylic acids is 1. The number of allylic oxidation sites excluding steroid dienone is 1. The second-order valence-corrected chi connectivity index (χ2v) is 7.32. The summed E-state index contributed by atoms with van der Waals surface area (Å²) >= 11 is 0. The summed E-state index contributed by atoms with van der Waals surface area (Å²) < 4.78 is 5.92. The summed E-state index contributed by atoms with van der Waals surface area (Å²) in [5, 5.41) is 6.84. The minimum absolute atomic E-state index is 0.373. The van der Waals surface area contributed by atoms with E-state index in [0.29, 0.717) is 23.1 Å². The maximum atomic E-state index is 11.8. The number of nitrogens with zero attached hydrogens (tertiary/aromatic N) is 4. The number of carbonyl (C=O) groups is 1. The molecule has 0 unspecified atom stereocenters. The summed E-state index contributed by atoms with van der Waals surface area (Å²) in [6, 6.07) is 11.1. The molecule has 1 aliphatic heterocycles. The normalized spacial score (nSPS) is 12.6. The summed E-state index contributed by atoms with van der Waals surface area (Å²) in [7, 11) is 1.87. The second-order valence-electron chi connectivity index (χ2n) is 7.32. The van der Waals surface area contributed by atoms with Gasteiger partial charge in [0, 0.05) is 35.6 Å². The minimum Gasteiger partial charge on any atom is -0.439 e. The predicted molar refractivity (Wildman–Crippen MR) is 130 cm³/mol. The number of benzene rings is 2. The number of rotatable bonds is 5. The summed E-state index contributed by atoms with van der Waals surface area (Å²) in [6.45, 7) is 7.52. The Morgan fingerprint density at radius 2 is 1.97 bits per heavy atom. The summed E-state index contributed by atoms with van der Waals surface area (Å²) in [4.78, 5) is 26.6. The van der Waals surface area contributed by atoms with E-state index < -0.39 is 0 Å². The number of aliphatic imine (C=N–C) groups is 1. The van der Waals surface area contributed by atoms with Crippen LogP contribution >= 0.6 is 0 Å². The average Bonchev–Trinajstić information content (AvgIpc) is 2.78. The molecule has 0 spiro atoms. The first-order chi connectivity index (χ1) is 15.9. The van der Waals surface area contributed by atoms with E-state index in [4.69, 9.17) is 4.74 Å². The number of nitrogens with one attached hydrogen (secondary N) is 2. The number of anilines is 3. The first-order valence-electron chi connectivity index (χ1n) is 10.1. The lowest BCUT2D eigenvalue weighted by atomic mass is 10.1. The number of hydrogen-bond donors (Lipinski definition) is 2. The van der Waals surface area contributed by atoms with Gasteiger partial charge in [-0.15, -0.1) is 0 Å². The van der Waals surface area contributed by atoms with Crippen molar-refractivity contribution in [2.45, 2.75) is 13.8 Å². The molecule has 0 radical (unpaired) electrons. The van der Waals surface area contributed by atoms with Gasteiger partial charge >= 0.3 is 0 Å². The van der Waals surface area contributed by atoms with Crippen molar-refractivity contribution in [1.29, 1.82) is 0 Å². The third-order valence-electron chi connectivity index (χ3n) is 4.89. The topological polar surface area (TPSA) is 91.7 Å². The minimum atomic E-state index is -0.373. The van der Waals surface area contributed by atoms with Crippen molar-refractivity contribution < 1.29 is 9.53 Å². The lowest BCUT2D eigenvalue weighted by Gasteiger charge is -2.19. The molecule has 0 saturated carbocycles. The first-order valence-corrected chi connectivity index (χ1v) is 10.1. The van der Waals surface area contributed by atoms with Crippen LogP contribution in [0.1, 0.15) is 12.5 Å². The molecule has 3 aromatic rings.